The van der Waals surface area contributed by atoms with E-state index in [0.717, 1.165) is 16.7 Å². The van der Waals surface area contributed by atoms with E-state index in [0.29, 0.717) is 6.04 Å². The highest BCUT2D eigenvalue weighted by atomic mass is 79.9. The maximum Gasteiger partial charge on any atom is 0.138 e. The third-order valence-corrected chi connectivity index (χ3v) is 3.97. The number of nitrogens with one attached hydrogen (secondary N) is 1. The van der Waals surface area contributed by atoms with Gasteiger partial charge in [0.05, 0.1) is 0 Å². The van der Waals surface area contributed by atoms with E-state index in [9.17, 15) is 0 Å². The van der Waals surface area contributed by atoms with Gasteiger partial charge < -0.3 is 5.32 Å². The summed E-state index contributed by atoms with van der Waals surface area (Å²) in [6.07, 6.45) is 2.47. The number of aryl methyl sites for hydroxylation is 1. The molecule has 0 aliphatic carbocycles. The van der Waals surface area contributed by atoms with Gasteiger partial charge in [0.2, 0.25) is 0 Å². The number of rotatable bonds is 5. The molecule has 1 aromatic carbocycles. The smallest absolute Gasteiger partial charge is 0.138 e. The molecular weight excluding hydrogens is 316 g/mol. The standard InChI is InChI=1S/C15H21BrN4/c1-10(2)20-15(18-9-19-20)8-14(17-4)13-6-5-12(16)7-11(13)3/h5-7,9-10,14,17H,8H2,1-4H3. The molecule has 0 amide bonds. The Kier molecular flexibility index (Phi) is 4.94. The molecule has 5 heteroatoms. The normalized spacial score (nSPS) is 12.9. The van der Waals surface area contributed by atoms with Gasteiger partial charge in [0.15, 0.2) is 0 Å². The van der Waals surface area contributed by atoms with E-state index in [1.165, 1.54) is 11.1 Å². The summed E-state index contributed by atoms with van der Waals surface area (Å²) in [5.74, 6) is 1.02. The van der Waals surface area contributed by atoms with E-state index in [1.54, 1.807) is 6.33 Å². The molecule has 0 aliphatic rings. The molecule has 0 fully saturated rings. The quantitative estimate of drug-likeness (QED) is 0.909. The molecule has 1 atom stereocenters. The van der Waals surface area contributed by atoms with Crippen molar-refractivity contribution < 1.29 is 0 Å². The molecule has 2 rings (SSSR count). The fraction of sp³-hybridized carbons (Fsp3) is 0.467. The summed E-state index contributed by atoms with van der Waals surface area (Å²) < 4.78 is 3.09. The predicted molar refractivity (Wildman–Crippen MR) is 84.8 cm³/mol. The Morgan fingerprint density at radius 3 is 2.70 bits per heavy atom. The minimum Gasteiger partial charge on any atom is -0.313 e. The summed E-state index contributed by atoms with van der Waals surface area (Å²) >= 11 is 3.51. The summed E-state index contributed by atoms with van der Waals surface area (Å²) in [7, 11) is 1.99. The highest BCUT2D eigenvalue weighted by Gasteiger charge is 2.17. The predicted octanol–water partition coefficient (Wildman–Crippen LogP) is 3.43. The van der Waals surface area contributed by atoms with Crippen molar-refractivity contribution in [3.8, 4) is 0 Å². The van der Waals surface area contributed by atoms with E-state index < -0.39 is 0 Å². The van der Waals surface area contributed by atoms with Crippen molar-refractivity contribution in [2.24, 2.45) is 0 Å². The number of likely N-dealkylation sites (N-methyl/N-ethyl adjacent to an activating group) is 1. The van der Waals surface area contributed by atoms with E-state index >= 15 is 0 Å². The van der Waals surface area contributed by atoms with Crippen molar-refractivity contribution >= 4 is 15.9 Å². The number of hydrogen-bond donors (Lipinski definition) is 1. The lowest BCUT2D eigenvalue weighted by Gasteiger charge is -2.20. The van der Waals surface area contributed by atoms with E-state index in [1.807, 2.05) is 11.7 Å². The van der Waals surface area contributed by atoms with Gasteiger partial charge in [0.1, 0.15) is 12.2 Å². The van der Waals surface area contributed by atoms with Crippen LogP contribution in [0.15, 0.2) is 29.0 Å². The van der Waals surface area contributed by atoms with Crippen molar-refractivity contribution in [2.75, 3.05) is 7.05 Å². The second-order valence-electron chi connectivity index (χ2n) is 5.26. The van der Waals surface area contributed by atoms with E-state index in [-0.39, 0.29) is 6.04 Å². The summed E-state index contributed by atoms with van der Waals surface area (Å²) in [4.78, 5) is 4.40. The monoisotopic (exact) mass is 336 g/mol. The van der Waals surface area contributed by atoms with Crippen LogP contribution in [0.1, 0.15) is 42.9 Å². The molecule has 1 unspecified atom stereocenters. The third kappa shape index (κ3) is 3.27. The van der Waals surface area contributed by atoms with Crippen LogP contribution < -0.4 is 5.32 Å². The van der Waals surface area contributed by atoms with Crippen LogP contribution in [-0.2, 0) is 6.42 Å². The van der Waals surface area contributed by atoms with Gasteiger partial charge in [-0.15, -0.1) is 0 Å². The maximum atomic E-state index is 4.40. The minimum absolute atomic E-state index is 0.241. The van der Waals surface area contributed by atoms with Gasteiger partial charge in [-0.05, 0) is 51.1 Å². The molecule has 20 heavy (non-hydrogen) atoms. The molecule has 4 nitrogen and oxygen atoms in total. The van der Waals surface area contributed by atoms with E-state index in [2.05, 4.69) is 70.3 Å². The van der Waals surface area contributed by atoms with Gasteiger partial charge >= 0.3 is 0 Å². The van der Waals surface area contributed by atoms with Gasteiger partial charge in [-0.3, -0.25) is 0 Å². The lowest BCUT2D eigenvalue weighted by Crippen LogP contribution is -2.22. The van der Waals surface area contributed by atoms with Crippen molar-refractivity contribution in [2.45, 2.75) is 39.3 Å². The Balaban J connectivity index is 2.27. The number of halogens is 1. The Morgan fingerprint density at radius 1 is 1.35 bits per heavy atom. The SMILES string of the molecule is CNC(Cc1ncnn1C(C)C)c1ccc(Br)cc1C. The van der Waals surface area contributed by atoms with Crippen LogP contribution in [0.3, 0.4) is 0 Å². The Labute approximate surface area is 128 Å². The van der Waals surface area contributed by atoms with Crippen LogP contribution in [0.2, 0.25) is 0 Å². The highest BCUT2D eigenvalue weighted by Crippen LogP contribution is 2.24. The lowest BCUT2D eigenvalue weighted by molar-refractivity contribution is 0.477. The summed E-state index contributed by atoms with van der Waals surface area (Å²) in [6.45, 7) is 6.38. The average Bonchev–Trinajstić information content (AvgIpc) is 2.85. The molecule has 0 bridgehead atoms. The first-order valence-electron chi connectivity index (χ1n) is 6.84. The van der Waals surface area contributed by atoms with Crippen LogP contribution in [0.5, 0.6) is 0 Å². The van der Waals surface area contributed by atoms with Crippen LogP contribution in [-0.4, -0.2) is 21.8 Å². The van der Waals surface area contributed by atoms with Crippen LogP contribution in [0.4, 0.5) is 0 Å². The van der Waals surface area contributed by atoms with E-state index in [4.69, 9.17) is 0 Å². The topological polar surface area (TPSA) is 42.7 Å². The van der Waals surface area contributed by atoms with Gasteiger partial charge in [0.25, 0.3) is 0 Å². The van der Waals surface area contributed by atoms with Gasteiger partial charge in [0, 0.05) is 23.0 Å². The lowest BCUT2D eigenvalue weighted by atomic mass is 9.98. The highest BCUT2D eigenvalue weighted by molar-refractivity contribution is 9.10. The van der Waals surface area contributed by atoms with Crippen LogP contribution in [0, 0.1) is 6.92 Å². The molecule has 1 heterocycles. The fourth-order valence-corrected chi connectivity index (χ4v) is 2.91. The molecule has 1 N–H and O–H groups in total. The van der Waals surface area contributed by atoms with Crippen molar-refractivity contribution in [3.63, 3.8) is 0 Å². The molecule has 0 radical (unpaired) electrons. The van der Waals surface area contributed by atoms with Crippen molar-refractivity contribution in [3.05, 3.63) is 46.0 Å². The number of aromatic nitrogens is 3. The molecule has 1 aromatic heterocycles. The number of benzene rings is 1. The van der Waals surface area contributed by atoms with Crippen molar-refractivity contribution in [1.29, 1.82) is 0 Å². The molecular formula is C15H21BrN4. The van der Waals surface area contributed by atoms with Crippen molar-refractivity contribution in [1.82, 2.24) is 20.1 Å². The third-order valence-electron chi connectivity index (χ3n) is 3.48. The zero-order chi connectivity index (χ0) is 14.7. The maximum absolute atomic E-state index is 4.40. The summed E-state index contributed by atoms with van der Waals surface area (Å²) in [6, 6.07) is 6.96. The second-order valence-corrected chi connectivity index (χ2v) is 6.18. The molecule has 0 saturated heterocycles. The first-order valence-corrected chi connectivity index (χ1v) is 7.64. The van der Waals surface area contributed by atoms with Crippen LogP contribution in [0.25, 0.3) is 0 Å². The molecule has 0 aliphatic heterocycles. The zero-order valence-electron chi connectivity index (χ0n) is 12.4. The number of hydrogen-bond acceptors (Lipinski definition) is 3. The minimum atomic E-state index is 0.241. The Bertz CT molecular complexity index is 577. The first kappa shape index (κ1) is 15.2. The van der Waals surface area contributed by atoms with Crippen LogP contribution >= 0.6 is 15.9 Å². The molecule has 2 aromatic rings. The Morgan fingerprint density at radius 2 is 2.10 bits per heavy atom. The molecule has 108 valence electrons. The largest absolute Gasteiger partial charge is 0.313 e. The van der Waals surface area contributed by atoms with Gasteiger partial charge in [-0.1, -0.05) is 22.0 Å². The fourth-order valence-electron chi connectivity index (χ4n) is 2.43. The molecule has 0 saturated carbocycles. The second kappa shape index (κ2) is 6.50. The summed E-state index contributed by atoms with van der Waals surface area (Å²) in [5.41, 5.74) is 2.57. The van der Waals surface area contributed by atoms with Gasteiger partial charge in [-0.25, -0.2) is 9.67 Å². The number of nitrogens with zero attached hydrogens (tertiary/aromatic N) is 3. The van der Waals surface area contributed by atoms with Gasteiger partial charge in [-0.2, -0.15) is 5.10 Å². The zero-order valence-corrected chi connectivity index (χ0v) is 14.0. The average molecular weight is 337 g/mol. The first-order chi connectivity index (χ1) is 9.52. The summed E-state index contributed by atoms with van der Waals surface area (Å²) in [5, 5.41) is 7.69. The Hall–Kier alpha value is -1.20. The molecule has 0 spiro atoms.